The van der Waals surface area contributed by atoms with Crippen LogP contribution in [0.15, 0.2) is 67.0 Å². The molecule has 3 heterocycles. The number of carbonyl (C=O) groups excluding carboxylic acids is 1. The van der Waals surface area contributed by atoms with E-state index in [1.807, 2.05) is 14.0 Å². The number of halogens is 4. The largest absolute Gasteiger partial charge is 0.438 e. The summed E-state index contributed by atoms with van der Waals surface area (Å²) in [4.78, 5) is 28.2. The molecule has 224 valence electrons. The zero-order valence-corrected chi connectivity index (χ0v) is 23.5. The SMILES string of the molecule is CNc1nccc(-c2cccnc2Oc2ccc(F)c(C(=O)Nc3cc(C(F)(F)F)ccc3NC3CCN(C)C3C)c2)n1. The summed E-state index contributed by atoms with van der Waals surface area (Å²) < 4.78 is 61.5. The van der Waals surface area contributed by atoms with Gasteiger partial charge in [0.05, 0.1) is 33.8 Å². The van der Waals surface area contributed by atoms with Crippen LogP contribution in [0, 0.1) is 5.82 Å². The number of amides is 1. The Bertz CT molecular complexity index is 1630. The maximum Gasteiger partial charge on any atom is 0.416 e. The van der Waals surface area contributed by atoms with Crippen LogP contribution in [0.5, 0.6) is 11.6 Å². The van der Waals surface area contributed by atoms with Crippen molar-refractivity contribution in [3.8, 4) is 22.9 Å². The quantitative estimate of drug-likeness (QED) is 0.204. The van der Waals surface area contributed by atoms with E-state index in [9.17, 15) is 22.4 Å². The van der Waals surface area contributed by atoms with Gasteiger partial charge in [-0.05, 0) is 75.0 Å². The van der Waals surface area contributed by atoms with E-state index < -0.39 is 29.0 Å². The number of rotatable bonds is 8. The fraction of sp³-hybridized carbons (Fsp3) is 0.267. The lowest BCUT2D eigenvalue weighted by Crippen LogP contribution is -2.34. The molecule has 0 spiro atoms. The Labute approximate surface area is 245 Å². The fourth-order valence-electron chi connectivity index (χ4n) is 4.78. The van der Waals surface area contributed by atoms with Crippen molar-refractivity contribution in [2.45, 2.75) is 31.6 Å². The molecule has 2 atom stereocenters. The van der Waals surface area contributed by atoms with Crippen LogP contribution in [0.3, 0.4) is 0 Å². The lowest BCUT2D eigenvalue weighted by molar-refractivity contribution is -0.137. The molecule has 43 heavy (non-hydrogen) atoms. The van der Waals surface area contributed by atoms with Gasteiger partial charge >= 0.3 is 6.18 Å². The standard InChI is InChI=1S/C30H29F4N7O2/c1-17-23(11-14-41(17)3)38-25-9-6-18(30(32,33)34)15-26(25)39-27(42)21-16-19(7-8-22(21)31)43-28-20(5-4-12-36-28)24-10-13-37-29(35-2)40-24/h4-10,12-13,15-17,23,38H,11,14H2,1-3H3,(H,39,42)(H,35,37,40). The summed E-state index contributed by atoms with van der Waals surface area (Å²) in [6, 6.07) is 11.7. The minimum absolute atomic E-state index is 0.0579. The van der Waals surface area contributed by atoms with Crippen molar-refractivity contribution in [3.05, 3.63) is 83.9 Å². The summed E-state index contributed by atoms with van der Waals surface area (Å²) in [6.45, 7) is 2.82. The van der Waals surface area contributed by atoms with Gasteiger partial charge < -0.3 is 25.6 Å². The number of benzene rings is 2. The second kappa shape index (κ2) is 12.2. The first-order valence-electron chi connectivity index (χ1n) is 13.5. The van der Waals surface area contributed by atoms with Gasteiger partial charge in [0.1, 0.15) is 11.6 Å². The molecule has 2 unspecified atom stereocenters. The third-order valence-corrected chi connectivity index (χ3v) is 7.33. The number of nitrogens with one attached hydrogen (secondary N) is 3. The maximum absolute atomic E-state index is 14.9. The average molecular weight is 596 g/mol. The van der Waals surface area contributed by atoms with E-state index in [1.165, 1.54) is 18.3 Å². The molecular weight excluding hydrogens is 566 g/mol. The topological polar surface area (TPSA) is 104 Å². The van der Waals surface area contributed by atoms with E-state index in [1.54, 1.807) is 31.4 Å². The molecule has 5 rings (SSSR count). The molecular formula is C30H29F4N7O2. The first-order chi connectivity index (χ1) is 20.5. The van der Waals surface area contributed by atoms with Gasteiger partial charge in [-0.15, -0.1) is 0 Å². The van der Waals surface area contributed by atoms with Crippen LogP contribution in [-0.2, 0) is 6.18 Å². The number of aromatic nitrogens is 3. The van der Waals surface area contributed by atoms with Gasteiger partial charge in [0.25, 0.3) is 5.91 Å². The summed E-state index contributed by atoms with van der Waals surface area (Å²) in [7, 11) is 3.64. The summed E-state index contributed by atoms with van der Waals surface area (Å²) >= 11 is 0. The smallest absolute Gasteiger partial charge is 0.416 e. The highest BCUT2D eigenvalue weighted by molar-refractivity contribution is 6.06. The third kappa shape index (κ3) is 6.67. The Balaban J connectivity index is 1.43. The van der Waals surface area contributed by atoms with Crippen LogP contribution in [0.4, 0.5) is 34.9 Å². The van der Waals surface area contributed by atoms with E-state index in [-0.39, 0.29) is 29.4 Å². The van der Waals surface area contributed by atoms with E-state index in [4.69, 9.17) is 4.74 Å². The highest BCUT2D eigenvalue weighted by Crippen LogP contribution is 2.36. The molecule has 3 N–H and O–H groups in total. The number of likely N-dealkylation sites (tertiary alicyclic amines) is 1. The van der Waals surface area contributed by atoms with Crippen LogP contribution in [0.25, 0.3) is 11.3 Å². The average Bonchev–Trinajstić information content (AvgIpc) is 3.30. The number of carbonyl (C=O) groups is 1. The highest BCUT2D eigenvalue weighted by atomic mass is 19.4. The molecule has 2 aromatic heterocycles. The molecule has 0 saturated carbocycles. The van der Waals surface area contributed by atoms with Crippen molar-refractivity contribution < 1.29 is 27.1 Å². The second-order valence-corrected chi connectivity index (χ2v) is 10.1. The molecule has 1 fully saturated rings. The number of hydrogen-bond donors (Lipinski definition) is 3. The number of nitrogens with zero attached hydrogens (tertiary/aromatic N) is 4. The Morgan fingerprint density at radius 2 is 1.86 bits per heavy atom. The van der Waals surface area contributed by atoms with E-state index in [0.717, 1.165) is 37.2 Å². The summed E-state index contributed by atoms with van der Waals surface area (Å²) in [5.74, 6) is -1.22. The van der Waals surface area contributed by atoms with Gasteiger partial charge in [-0.25, -0.2) is 19.3 Å². The van der Waals surface area contributed by atoms with Crippen LogP contribution in [0.2, 0.25) is 0 Å². The first kappa shape index (κ1) is 29.7. The Morgan fingerprint density at radius 3 is 2.58 bits per heavy atom. The van der Waals surface area contributed by atoms with Crippen LogP contribution >= 0.6 is 0 Å². The van der Waals surface area contributed by atoms with Gasteiger partial charge in [0.15, 0.2) is 0 Å². The molecule has 1 amide bonds. The van der Waals surface area contributed by atoms with Crippen molar-refractivity contribution in [1.29, 1.82) is 0 Å². The Morgan fingerprint density at radius 1 is 1.05 bits per heavy atom. The lowest BCUT2D eigenvalue weighted by Gasteiger charge is -2.24. The number of anilines is 3. The highest BCUT2D eigenvalue weighted by Gasteiger charge is 2.33. The molecule has 0 radical (unpaired) electrons. The van der Waals surface area contributed by atoms with Gasteiger partial charge in [-0.3, -0.25) is 4.79 Å². The van der Waals surface area contributed by atoms with Crippen molar-refractivity contribution in [3.63, 3.8) is 0 Å². The van der Waals surface area contributed by atoms with Crippen molar-refractivity contribution in [2.24, 2.45) is 0 Å². The first-order valence-corrected chi connectivity index (χ1v) is 13.5. The molecule has 9 nitrogen and oxygen atoms in total. The summed E-state index contributed by atoms with van der Waals surface area (Å²) in [5.41, 5.74) is -0.171. The molecule has 1 aliphatic rings. The zero-order valence-electron chi connectivity index (χ0n) is 23.5. The second-order valence-electron chi connectivity index (χ2n) is 10.1. The summed E-state index contributed by atoms with van der Waals surface area (Å²) in [6.07, 6.45) is -0.814. The number of likely N-dealkylation sites (N-methyl/N-ethyl adjacent to an activating group) is 1. The number of hydrogen-bond acceptors (Lipinski definition) is 8. The van der Waals surface area contributed by atoms with Gasteiger partial charge in [-0.1, -0.05) is 0 Å². The Kier molecular flexibility index (Phi) is 8.44. The number of pyridine rings is 1. The molecule has 1 aliphatic heterocycles. The minimum atomic E-state index is -4.64. The van der Waals surface area contributed by atoms with E-state index in [2.05, 4.69) is 35.8 Å². The minimum Gasteiger partial charge on any atom is -0.438 e. The number of ether oxygens (including phenoxy) is 1. The van der Waals surface area contributed by atoms with Crippen molar-refractivity contribution >= 4 is 23.2 Å². The molecule has 0 bridgehead atoms. The van der Waals surface area contributed by atoms with Crippen molar-refractivity contribution in [1.82, 2.24) is 19.9 Å². The molecule has 0 aliphatic carbocycles. The van der Waals surface area contributed by atoms with Crippen LogP contribution in [0.1, 0.15) is 29.3 Å². The Hall–Kier alpha value is -4.78. The van der Waals surface area contributed by atoms with Gasteiger partial charge in [-0.2, -0.15) is 13.2 Å². The van der Waals surface area contributed by atoms with Crippen LogP contribution in [-0.4, -0.2) is 58.5 Å². The monoisotopic (exact) mass is 595 g/mol. The predicted molar refractivity (Wildman–Crippen MR) is 155 cm³/mol. The fourth-order valence-corrected chi connectivity index (χ4v) is 4.78. The van der Waals surface area contributed by atoms with Gasteiger partial charge in [0, 0.05) is 38.1 Å². The molecule has 1 saturated heterocycles. The normalized spacial score (nSPS) is 17.0. The van der Waals surface area contributed by atoms with E-state index in [0.29, 0.717) is 22.9 Å². The maximum atomic E-state index is 14.9. The van der Waals surface area contributed by atoms with Crippen LogP contribution < -0.4 is 20.7 Å². The number of alkyl halides is 3. The summed E-state index contributed by atoms with van der Waals surface area (Å²) in [5, 5.41) is 8.57. The molecule has 13 heteroatoms. The third-order valence-electron chi connectivity index (χ3n) is 7.33. The lowest BCUT2D eigenvalue weighted by atomic mass is 10.1. The zero-order chi connectivity index (χ0) is 30.7. The van der Waals surface area contributed by atoms with Crippen molar-refractivity contribution in [2.75, 3.05) is 36.6 Å². The molecule has 2 aromatic carbocycles. The van der Waals surface area contributed by atoms with E-state index >= 15 is 0 Å². The predicted octanol–water partition coefficient (Wildman–Crippen LogP) is 6.29. The van der Waals surface area contributed by atoms with Gasteiger partial charge in [0.2, 0.25) is 11.8 Å². The molecule has 4 aromatic rings.